The second kappa shape index (κ2) is 8.33. The Hall–Kier alpha value is -4.11. The lowest BCUT2D eigenvalue weighted by Crippen LogP contribution is -2.22. The van der Waals surface area contributed by atoms with Crippen molar-refractivity contribution < 1.29 is 0 Å². The van der Waals surface area contributed by atoms with Crippen molar-refractivity contribution in [2.45, 2.75) is 6.54 Å². The summed E-state index contributed by atoms with van der Waals surface area (Å²) in [7, 11) is 0. The second-order valence-electron chi connectivity index (χ2n) is 7.45. The van der Waals surface area contributed by atoms with Crippen molar-refractivity contribution in [3.63, 3.8) is 0 Å². The standard InChI is InChI=1S/C28H22N2O/c31-28-26(22-14-6-2-7-15-22)27(29-20-21-12-4-1-5-13-21)24-18-10-11-19-25(24)30(28)23-16-8-3-9-17-23/h1-19,29H,20H2. The number of rotatable bonds is 5. The van der Waals surface area contributed by atoms with Crippen LogP contribution in [0.15, 0.2) is 120 Å². The lowest BCUT2D eigenvalue weighted by molar-refractivity contribution is 1.04. The topological polar surface area (TPSA) is 34.0 Å². The van der Waals surface area contributed by atoms with Crippen LogP contribution in [0.25, 0.3) is 27.7 Å². The van der Waals surface area contributed by atoms with E-state index in [0.717, 1.165) is 33.4 Å². The molecule has 1 N–H and O–H groups in total. The van der Waals surface area contributed by atoms with E-state index >= 15 is 0 Å². The molecule has 0 amide bonds. The second-order valence-corrected chi connectivity index (χ2v) is 7.45. The summed E-state index contributed by atoms with van der Waals surface area (Å²) >= 11 is 0. The number of anilines is 1. The van der Waals surface area contributed by atoms with E-state index < -0.39 is 0 Å². The maximum atomic E-state index is 13.9. The van der Waals surface area contributed by atoms with Crippen molar-refractivity contribution in [2.24, 2.45) is 0 Å². The lowest BCUT2D eigenvalue weighted by atomic mass is 10.0. The van der Waals surface area contributed by atoms with Gasteiger partial charge in [-0.3, -0.25) is 9.36 Å². The molecule has 0 atom stereocenters. The van der Waals surface area contributed by atoms with Crippen LogP contribution in [0.4, 0.5) is 5.69 Å². The van der Waals surface area contributed by atoms with Gasteiger partial charge in [-0.2, -0.15) is 0 Å². The molecule has 5 aromatic rings. The van der Waals surface area contributed by atoms with Crippen molar-refractivity contribution in [1.82, 2.24) is 4.57 Å². The Bertz CT molecular complexity index is 1380. The number of pyridine rings is 1. The van der Waals surface area contributed by atoms with Gasteiger partial charge in [0.2, 0.25) is 0 Å². The van der Waals surface area contributed by atoms with Gasteiger partial charge in [0.1, 0.15) is 0 Å². The van der Waals surface area contributed by atoms with Crippen molar-refractivity contribution in [2.75, 3.05) is 5.32 Å². The summed E-state index contributed by atoms with van der Waals surface area (Å²) in [5.41, 5.74) is 5.31. The molecule has 150 valence electrons. The normalized spacial score (nSPS) is 10.8. The zero-order valence-corrected chi connectivity index (χ0v) is 17.0. The Kier molecular flexibility index (Phi) is 5.07. The van der Waals surface area contributed by atoms with E-state index in [4.69, 9.17) is 0 Å². The zero-order chi connectivity index (χ0) is 21.0. The van der Waals surface area contributed by atoms with Gasteiger partial charge in [-0.15, -0.1) is 0 Å². The maximum absolute atomic E-state index is 13.9. The highest BCUT2D eigenvalue weighted by Gasteiger charge is 2.19. The number of nitrogens with zero attached hydrogens (tertiary/aromatic N) is 1. The van der Waals surface area contributed by atoms with Crippen LogP contribution in [0.3, 0.4) is 0 Å². The highest BCUT2D eigenvalue weighted by atomic mass is 16.1. The first-order chi connectivity index (χ1) is 15.3. The van der Waals surface area contributed by atoms with Crippen LogP contribution in [0.2, 0.25) is 0 Å². The molecule has 0 fully saturated rings. The predicted octanol–water partition coefficient (Wildman–Crippen LogP) is 6.27. The Morgan fingerprint density at radius 1 is 0.645 bits per heavy atom. The van der Waals surface area contributed by atoms with Crippen LogP contribution in [-0.4, -0.2) is 4.57 Å². The summed E-state index contributed by atoms with van der Waals surface area (Å²) in [5.74, 6) is 0. The molecular formula is C28H22N2O. The highest BCUT2D eigenvalue weighted by molar-refractivity contribution is 6.00. The molecule has 1 heterocycles. The van der Waals surface area contributed by atoms with E-state index in [9.17, 15) is 4.79 Å². The number of hydrogen-bond acceptors (Lipinski definition) is 2. The molecule has 0 bridgehead atoms. The monoisotopic (exact) mass is 402 g/mol. The molecule has 0 aliphatic rings. The minimum atomic E-state index is -0.0355. The molecule has 0 aliphatic carbocycles. The Labute approximate surface area is 181 Å². The van der Waals surface area contributed by atoms with Gasteiger partial charge in [0.05, 0.1) is 16.8 Å². The number of aromatic nitrogens is 1. The summed E-state index contributed by atoms with van der Waals surface area (Å²) in [4.78, 5) is 13.9. The maximum Gasteiger partial charge on any atom is 0.265 e. The van der Waals surface area contributed by atoms with E-state index in [2.05, 4.69) is 23.5 Å². The third kappa shape index (κ3) is 3.62. The van der Waals surface area contributed by atoms with Crippen LogP contribution >= 0.6 is 0 Å². The van der Waals surface area contributed by atoms with Crippen LogP contribution in [0, 0.1) is 0 Å². The summed E-state index contributed by atoms with van der Waals surface area (Å²) in [6.07, 6.45) is 0. The first-order valence-electron chi connectivity index (χ1n) is 10.4. The predicted molar refractivity (Wildman–Crippen MR) is 129 cm³/mol. The molecule has 1 aromatic heterocycles. The van der Waals surface area contributed by atoms with E-state index in [1.165, 1.54) is 0 Å². The van der Waals surface area contributed by atoms with E-state index in [1.807, 2.05) is 102 Å². The summed E-state index contributed by atoms with van der Waals surface area (Å²) < 4.78 is 1.81. The molecule has 3 heteroatoms. The van der Waals surface area contributed by atoms with Gasteiger partial charge in [0.15, 0.2) is 0 Å². The van der Waals surface area contributed by atoms with Gasteiger partial charge >= 0.3 is 0 Å². The number of fused-ring (bicyclic) bond motifs is 1. The van der Waals surface area contributed by atoms with E-state index in [0.29, 0.717) is 12.1 Å². The van der Waals surface area contributed by atoms with Crippen LogP contribution in [0.1, 0.15) is 5.56 Å². The molecule has 0 aliphatic heterocycles. The van der Waals surface area contributed by atoms with Gasteiger partial charge in [0.25, 0.3) is 5.56 Å². The molecule has 0 saturated heterocycles. The number of nitrogens with one attached hydrogen (secondary N) is 1. The lowest BCUT2D eigenvalue weighted by Gasteiger charge is -2.19. The van der Waals surface area contributed by atoms with Crippen LogP contribution in [0.5, 0.6) is 0 Å². The Morgan fingerprint density at radius 2 is 1.23 bits per heavy atom. The van der Waals surface area contributed by atoms with Gasteiger partial charge in [-0.1, -0.05) is 97.1 Å². The van der Waals surface area contributed by atoms with Gasteiger partial charge < -0.3 is 5.32 Å². The fourth-order valence-electron chi connectivity index (χ4n) is 4.02. The third-order valence-corrected chi connectivity index (χ3v) is 5.47. The fourth-order valence-corrected chi connectivity index (χ4v) is 4.02. The largest absolute Gasteiger partial charge is 0.380 e. The number of benzene rings is 4. The first-order valence-corrected chi connectivity index (χ1v) is 10.4. The van der Waals surface area contributed by atoms with Gasteiger partial charge in [-0.25, -0.2) is 0 Å². The summed E-state index contributed by atoms with van der Waals surface area (Å²) in [6, 6.07) is 38.0. The van der Waals surface area contributed by atoms with Crippen LogP contribution in [-0.2, 0) is 6.54 Å². The molecule has 0 radical (unpaired) electrons. The van der Waals surface area contributed by atoms with Gasteiger partial charge in [-0.05, 0) is 29.3 Å². The average molecular weight is 402 g/mol. The molecule has 0 unspecified atom stereocenters. The highest BCUT2D eigenvalue weighted by Crippen LogP contribution is 2.33. The van der Waals surface area contributed by atoms with Crippen molar-refractivity contribution in [1.29, 1.82) is 0 Å². The Morgan fingerprint density at radius 3 is 1.94 bits per heavy atom. The molecule has 0 spiro atoms. The molecule has 5 rings (SSSR count). The number of hydrogen-bond donors (Lipinski definition) is 1. The summed E-state index contributed by atoms with van der Waals surface area (Å²) in [6.45, 7) is 0.638. The van der Waals surface area contributed by atoms with Crippen molar-refractivity contribution in [3.8, 4) is 16.8 Å². The average Bonchev–Trinajstić information content (AvgIpc) is 2.84. The minimum absolute atomic E-state index is 0.0355. The van der Waals surface area contributed by atoms with Crippen LogP contribution < -0.4 is 10.9 Å². The van der Waals surface area contributed by atoms with E-state index in [1.54, 1.807) is 0 Å². The first kappa shape index (κ1) is 18.9. The third-order valence-electron chi connectivity index (χ3n) is 5.47. The zero-order valence-electron chi connectivity index (χ0n) is 17.0. The van der Waals surface area contributed by atoms with Crippen molar-refractivity contribution >= 4 is 16.6 Å². The minimum Gasteiger partial charge on any atom is -0.380 e. The fraction of sp³-hybridized carbons (Fsp3) is 0.0357. The quantitative estimate of drug-likeness (QED) is 0.376. The molecule has 4 aromatic carbocycles. The van der Waals surface area contributed by atoms with Crippen molar-refractivity contribution in [3.05, 3.63) is 131 Å². The Balaban J connectivity index is 1.80. The number of para-hydroxylation sites is 2. The molecular weight excluding hydrogens is 380 g/mol. The SMILES string of the molecule is O=c1c(-c2ccccc2)c(NCc2ccccc2)c2ccccc2n1-c1ccccc1. The molecule has 0 saturated carbocycles. The summed E-state index contributed by atoms with van der Waals surface area (Å²) in [5, 5.41) is 4.59. The van der Waals surface area contributed by atoms with Gasteiger partial charge in [0, 0.05) is 17.6 Å². The molecule has 3 nitrogen and oxygen atoms in total. The van der Waals surface area contributed by atoms with E-state index in [-0.39, 0.29) is 5.56 Å². The molecule has 31 heavy (non-hydrogen) atoms. The smallest absolute Gasteiger partial charge is 0.265 e.